The van der Waals surface area contributed by atoms with Crippen molar-refractivity contribution >= 4 is 10.2 Å². The highest BCUT2D eigenvalue weighted by molar-refractivity contribution is 7.86. The zero-order valence-corrected chi connectivity index (χ0v) is 16.6. The van der Waals surface area contributed by atoms with E-state index in [0.717, 1.165) is 15.1 Å². The zero-order valence-electron chi connectivity index (χ0n) is 15.8. The average molecular weight is 468 g/mol. The Labute approximate surface area is 172 Å². The fourth-order valence-corrected chi connectivity index (χ4v) is 5.12. The Bertz CT molecular complexity index is 1130. The van der Waals surface area contributed by atoms with Crippen LogP contribution in [0.4, 0.5) is 22.0 Å². The lowest BCUT2D eigenvalue weighted by Crippen LogP contribution is -2.43. The van der Waals surface area contributed by atoms with Gasteiger partial charge in [0, 0.05) is 19.2 Å². The second kappa shape index (κ2) is 6.22. The third-order valence-corrected chi connectivity index (χ3v) is 7.39. The van der Waals surface area contributed by atoms with E-state index in [1.807, 2.05) is 0 Å². The maximum Gasteiger partial charge on any atom is 0.435 e. The highest BCUT2D eigenvalue weighted by Crippen LogP contribution is 2.75. The van der Waals surface area contributed by atoms with E-state index in [9.17, 15) is 30.4 Å². The predicted molar refractivity (Wildman–Crippen MR) is 92.8 cm³/mol. The smallest absolute Gasteiger partial charge is 0.332 e. The van der Waals surface area contributed by atoms with Crippen molar-refractivity contribution in [3.63, 3.8) is 0 Å². The van der Waals surface area contributed by atoms with Gasteiger partial charge in [0.1, 0.15) is 5.69 Å². The van der Waals surface area contributed by atoms with Crippen LogP contribution in [0.25, 0.3) is 11.6 Å². The van der Waals surface area contributed by atoms with Crippen molar-refractivity contribution in [2.75, 3.05) is 13.1 Å². The van der Waals surface area contributed by atoms with Crippen LogP contribution in [-0.4, -0.2) is 51.7 Å². The Hall–Kier alpha value is -2.13. The Morgan fingerprint density at radius 3 is 2.39 bits per heavy atom. The standard InChI is InChI=1S/C16H17F5N6O3S/c17-15(18)11(14(15)3-5-26(6-4-14)31(22,28)29)12-23-13(30-25-12)9-7-10(16(19,20)21)24-27(9)8-1-2-8/h7-8,11H,1-6H2,(H2,22,28,29)/t11-/m0/s1. The lowest BCUT2D eigenvalue weighted by atomic mass is 9.91. The predicted octanol–water partition coefficient (Wildman–Crippen LogP) is 2.31. The largest absolute Gasteiger partial charge is 0.435 e. The molecule has 1 saturated heterocycles. The normalized spacial score (nSPS) is 25.8. The molecule has 0 unspecified atom stereocenters. The van der Waals surface area contributed by atoms with Gasteiger partial charge in [-0.05, 0) is 25.7 Å². The molecule has 15 heteroatoms. The van der Waals surface area contributed by atoms with Crippen LogP contribution in [0.15, 0.2) is 10.6 Å². The van der Waals surface area contributed by atoms with Crippen molar-refractivity contribution in [3.05, 3.63) is 17.6 Å². The summed E-state index contributed by atoms with van der Waals surface area (Å²) in [5.74, 6) is -5.25. The summed E-state index contributed by atoms with van der Waals surface area (Å²) in [6.45, 7) is -0.335. The summed E-state index contributed by atoms with van der Waals surface area (Å²) in [7, 11) is -3.98. The van der Waals surface area contributed by atoms with Gasteiger partial charge in [0.05, 0.1) is 17.4 Å². The minimum atomic E-state index is -4.68. The van der Waals surface area contributed by atoms with Gasteiger partial charge in [0.15, 0.2) is 11.5 Å². The molecule has 0 aromatic carbocycles. The first-order chi connectivity index (χ1) is 14.3. The maximum absolute atomic E-state index is 14.7. The number of nitrogens with two attached hydrogens (primary N) is 1. The van der Waals surface area contributed by atoms with Crippen molar-refractivity contribution in [2.24, 2.45) is 10.6 Å². The number of piperidine rings is 1. The molecule has 1 spiro atoms. The highest BCUT2D eigenvalue weighted by Gasteiger charge is 2.82. The first-order valence-corrected chi connectivity index (χ1v) is 11.0. The molecule has 170 valence electrons. The Kier molecular flexibility index (Phi) is 4.17. The fraction of sp³-hybridized carbons (Fsp3) is 0.688. The van der Waals surface area contributed by atoms with Gasteiger partial charge < -0.3 is 4.52 Å². The minimum Gasteiger partial charge on any atom is -0.332 e. The van der Waals surface area contributed by atoms with Crippen LogP contribution >= 0.6 is 0 Å². The van der Waals surface area contributed by atoms with Crippen LogP contribution in [0.5, 0.6) is 0 Å². The van der Waals surface area contributed by atoms with Gasteiger partial charge in [0.2, 0.25) is 0 Å². The average Bonchev–Trinajstić information content (AvgIpc) is 3.39. The summed E-state index contributed by atoms with van der Waals surface area (Å²) in [5.41, 5.74) is -2.74. The molecule has 0 radical (unpaired) electrons. The van der Waals surface area contributed by atoms with Gasteiger partial charge in [-0.1, -0.05) is 5.16 Å². The number of hydrogen-bond donors (Lipinski definition) is 1. The van der Waals surface area contributed by atoms with Crippen molar-refractivity contribution in [3.8, 4) is 11.6 Å². The molecule has 2 saturated carbocycles. The van der Waals surface area contributed by atoms with E-state index in [4.69, 9.17) is 9.66 Å². The first-order valence-electron chi connectivity index (χ1n) is 9.51. The molecule has 3 fully saturated rings. The zero-order chi connectivity index (χ0) is 22.4. The second-order valence-electron chi connectivity index (χ2n) is 8.20. The van der Waals surface area contributed by atoms with Crippen LogP contribution in [0.2, 0.25) is 0 Å². The van der Waals surface area contributed by atoms with E-state index in [0.29, 0.717) is 12.8 Å². The summed E-state index contributed by atoms with van der Waals surface area (Å²) in [6.07, 6.45) is -3.70. The van der Waals surface area contributed by atoms with E-state index in [2.05, 4.69) is 15.2 Å². The number of halogens is 5. The van der Waals surface area contributed by atoms with Crippen LogP contribution in [0.3, 0.4) is 0 Å². The topological polar surface area (TPSA) is 120 Å². The molecule has 2 N–H and O–H groups in total. The number of hydrogen-bond acceptors (Lipinski definition) is 6. The van der Waals surface area contributed by atoms with Crippen molar-refractivity contribution in [1.82, 2.24) is 24.2 Å². The van der Waals surface area contributed by atoms with Crippen molar-refractivity contribution in [2.45, 2.75) is 49.7 Å². The molecule has 0 bridgehead atoms. The molecular weight excluding hydrogens is 451 g/mol. The van der Waals surface area contributed by atoms with Crippen molar-refractivity contribution < 1.29 is 34.9 Å². The molecule has 1 aliphatic heterocycles. The molecule has 31 heavy (non-hydrogen) atoms. The van der Waals surface area contributed by atoms with E-state index >= 15 is 0 Å². The monoisotopic (exact) mass is 468 g/mol. The summed E-state index contributed by atoms with van der Waals surface area (Å²) in [6, 6.07) is 0.527. The summed E-state index contributed by atoms with van der Waals surface area (Å²) in [4.78, 5) is 3.98. The van der Waals surface area contributed by atoms with Gasteiger partial charge in [-0.3, -0.25) is 4.68 Å². The van der Waals surface area contributed by atoms with E-state index < -0.39 is 39.3 Å². The van der Waals surface area contributed by atoms with E-state index in [1.54, 1.807) is 0 Å². The molecule has 9 nitrogen and oxygen atoms in total. The third kappa shape index (κ3) is 3.16. The molecule has 3 heterocycles. The quantitative estimate of drug-likeness (QED) is 0.688. The fourth-order valence-electron chi connectivity index (χ4n) is 4.43. The molecule has 5 rings (SSSR count). The van der Waals surface area contributed by atoms with Gasteiger partial charge in [0.25, 0.3) is 22.0 Å². The summed E-state index contributed by atoms with van der Waals surface area (Å²) >= 11 is 0. The van der Waals surface area contributed by atoms with Gasteiger partial charge >= 0.3 is 6.18 Å². The SMILES string of the molecule is NS(=O)(=O)N1CCC2(CC1)[C@H](c1noc(-c3cc(C(F)(F)F)nn3C3CC3)n1)C2(F)F. The second-order valence-corrected chi connectivity index (χ2v) is 9.75. The number of nitrogens with zero attached hydrogens (tertiary/aromatic N) is 5. The van der Waals surface area contributed by atoms with Crippen LogP contribution in [-0.2, 0) is 16.4 Å². The van der Waals surface area contributed by atoms with Crippen LogP contribution in [0.1, 0.15) is 49.2 Å². The van der Waals surface area contributed by atoms with Gasteiger partial charge in [-0.15, -0.1) is 0 Å². The lowest BCUT2D eigenvalue weighted by molar-refractivity contribution is -0.141. The summed E-state index contributed by atoms with van der Waals surface area (Å²) < 4.78 is 98.8. The van der Waals surface area contributed by atoms with Crippen LogP contribution in [0, 0.1) is 5.41 Å². The Morgan fingerprint density at radius 2 is 1.84 bits per heavy atom. The Balaban J connectivity index is 1.43. The van der Waals surface area contributed by atoms with Crippen molar-refractivity contribution in [1.29, 1.82) is 0 Å². The Morgan fingerprint density at radius 1 is 1.19 bits per heavy atom. The molecule has 2 aromatic heterocycles. The first kappa shape index (κ1) is 20.8. The van der Waals surface area contributed by atoms with Gasteiger partial charge in [-0.2, -0.15) is 36.0 Å². The summed E-state index contributed by atoms with van der Waals surface area (Å²) in [5, 5.41) is 12.2. The van der Waals surface area contributed by atoms with Crippen LogP contribution < -0.4 is 5.14 Å². The maximum atomic E-state index is 14.7. The number of rotatable bonds is 4. The van der Waals surface area contributed by atoms with E-state index in [-0.39, 0.29) is 49.4 Å². The molecule has 2 aliphatic carbocycles. The number of alkyl halides is 5. The van der Waals surface area contributed by atoms with E-state index in [1.165, 1.54) is 0 Å². The highest BCUT2D eigenvalue weighted by atomic mass is 32.2. The molecule has 2 aromatic rings. The molecule has 1 atom stereocenters. The molecule has 3 aliphatic rings. The number of aromatic nitrogens is 4. The third-order valence-electron chi connectivity index (χ3n) is 6.31. The lowest BCUT2D eigenvalue weighted by Gasteiger charge is -2.30. The minimum absolute atomic E-state index is 0.0735. The van der Waals surface area contributed by atoms with Gasteiger partial charge in [-0.25, -0.2) is 13.9 Å². The molecule has 0 amide bonds. The molecular formula is C16H17F5N6O3S.